The van der Waals surface area contributed by atoms with E-state index < -0.39 is 5.60 Å². The van der Waals surface area contributed by atoms with Crippen LogP contribution in [0.25, 0.3) is 0 Å². The smallest absolute Gasteiger partial charge is 0.407 e. The van der Waals surface area contributed by atoms with Crippen molar-refractivity contribution in [3.05, 3.63) is 0 Å². The van der Waals surface area contributed by atoms with Crippen molar-refractivity contribution in [1.82, 2.24) is 10.6 Å². The fourth-order valence-corrected chi connectivity index (χ4v) is 2.76. The average Bonchev–Trinajstić information content (AvgIpc) is 2.39. The van der Waals surface area contributed by atoms with E-state index in [4.69, 9.17) is 4.74 Å². The van der Waals surface area contributed by atoms with Gasteiger partial charge in [-0.05, 0) is 58.5 Å². The minimum absolute atomic E-state index is 0.267. The van der Waals surface area contributed by atoms with Gasteiger partial charge in [-0.25, -0.2) is 4.79 Å². The number of nitrogens with one attached hydrogen (secondary N) is 2. The van der Waals surface area contributed by atoms with Gasteiger partial charge in [0.1, 0.15) is 5.60 Å². The van der Waals surface area contributed by atoms with Crippen molar-refractivity contribution in [3.8, 4) is 0 Å². The number of hydrogen-bond donors (Lipinski definition) is 2. The molecule has 2 fully saturated rings. The number of hydrogen-bond acceptors (Lipinski definition) is 3. The molecule has 2 rings (SSSR count). The van der Waals surface area contributed by atoms with Gasteiger partial charge in [-0.1, -0.05) is 0 Å². The second kappa shape index (κ2) is 4.24. The van der Waals surface area contributed by atoms with E-state index in [1.807, 2.05) is 20.8 Å². The van der Waals surface area contributed by atoms with Crippen LogP contribution in [0.2, 0.25) is 0 Å². The van der Waals surface area contributed by atoms with Gasteiger partial charge in [0.05, 0.1) is 0 Å². The van der Waals surface area contributed by atoms with Crippen LogP contribution in [-0.2, 0) is 4.74 Å². The number of rotatable bonds is 1. The third-order valence-corrected chi connectivity index (χ3v) is 3.42. The molecule has 0 aromatic rings. The molecule has 1 saturated heterocycles. The summed E-state index contributed by atoms with van der Waals surface area (Å²) in [5.41, 5.74) is -0.407. The monoisotopic (exact) mass is 226 g/mol. The van der Waals surface area contributed by atoms with Crippen LogP contribution in [0.1, 0.15) is 33.6 Å². The Balaban J connectivity index is 1.88. The minimum Gasteiger partial charge on any atom is -0.444 e. The van der Waals surface area contributed by atoms with E-state index in [0.29, 0.717) is 17.9 Å². The summed E-state index contributed by atoms with van der Waals surface area (Å²) in [5.74, 6) is 1.18. The molecule has 1 aliphatic heterocycles. The highest BCUT2D eigenvalue weighted by Gasteiger charge is 2.40. The van der Waals surface area contributed by atoms with Crippen molar-refractivity contribution >= 4 is 6.09 Å². The van der Waals surface area contributed by atoms with Crippen LogP contribution < -0.4 is 10.6 Å². The van der Waals surface area contributed by atoms with Crippen molar-refractivity contribution in [2.24, 2.45) is 11.8 Å². The van der Waals surface area contributed by atoms with Gasteiger partial charge < -0.3 is 15.4 Å². The first-order chi connectivity index (χ1) is 7.46. The molecule has 0 spiro atoms. The number of alkyl carbamates (subject to hydrolysis) is 1. The maximum atomic E-state index is 11.7. The van der Waals surface area contributed by atoms with Crippen LogP contribution in [0.15, 0.2) is 0 Å². The van der Waals surface area contributed by atoms with E-state index in [2.05, 4.69) is 10.6 Å². The van der Waals surface area contributed by atoms with Crippen molar-refractivity contribution in [2.75, 3.05) is 13.1 Å². The Morgan fingerprint density at radius 1 is 1.25 bits per heavy atom. The first kappa shape index (κ1) is 11.7. The first-order valence-corrected chi connectivity index (χ1v) is 6.16. The zero-order valence-electron chi connectivity index (χ0n) is 10.4. The van der Waals surface area contributed by atoms with Gasteiger partial charge in [-0.15, -0.1) is 0 Å². The Labute approximate surface area is 97.1 Å². The molecule has 1 saturated carbocycles. The zero-order chi connectivity index (χ0) is 11.8. The summed E-state index contributed by atoms with van der Waals surface area (Å²) in [4.78, 5) is 11.7. The van der Waals surface area contributed by atoms with Gasteiger partial charge in [0.25, 0.3) is 0 Å². The average molecular weight is 226 g/mol. The van der Waals surface area contributed by atoms with Crippen molar-refractivity contribution < 1.29 is 9.53 Å². The standard InChI is InChI=1S/C12H22N2O2/c1-12(2,3)16-11(15)14-10-8-4-5-9(10)7-13-6-8/h8-10,13H,4-7H2,1-3H3,(H,14,15)/t8-,9-/m0/s1. The summed E-state index contributed by atoms with van der Waals surface area (Å²) in [6.45, 7) is 7.73. The lowest BCUT2D eigenvalue weighted by molar-refractivity contribution is 0.0468. The highest BCUT2D eigenvalue weighted by atomic mass is 16.6. The van der Waals surface area contributed by atoms with Crippen LogP contribution >= 0.6 is 0 Å². The number of ether oxygens (including phenoxy) is 1. The van der Waals surface area contributed by atoms with Gasteiger partial charge in [-0.2, -0.15) is 0 Å². The third kappa shape index (κ3) is 2.67. The number of fused-ring (bicyclic) bond motifs is 2. The third-order valence-electron chi connectivity index (χ3n) is 3.42. The lowest BCUT2D eigenvalue weighted by atomic mass is 9.94. The topological polar surface area (TPSA) is 50.4 Å². The summed E-state index contributed by atoms with van der Waals surface area (Å²) >= 11 is 0. The summed E-state index contributed by atoms with van der Waals surface area (Å²) in [6.07, 6.45) is 2.17. The Morgan fingerprint density at radius 2 is 1.81 bits per heavy atom. The highest BCUT2D eigenvalue weighted by Crippen LogP contribution is 2.33. The minimum atomic E-state index is -0.407. The summed E-state index contributed by atoms with van der Waals surface area (Å²) in [5, 5.41) is 6.44. The molecule has 16 heavy (non-hydrogen) atoms. The number of carbonyl (C=O) groups is 1. The lowest BCUT2D eigenvalue weighted by Crippen LogP contribution is -2.51. The van der Waals surface area contributed by atoms with Gasteiger partial charge in [-0.3, -0.25) is 0 Å². The normalized spacial score (nSPS) is 33.6. The molecule has 0 radical (unpaired) electrons. The fraction of sp³-hybridized carbons (Fsp3) is 0.917. The van der Waals surface area contributed by atoms with Crippen LogP contribution in [0.4, 0.5) is 4.79 Å². The van der Waals surface area contributed by atoms with Crippen LogP contribution in [0.3, 0.4) is 0 Å². The maximum absolute atomic E-state index is 11.7. The molecule has 4 heteroatoms. The molecule has 1 heterocycles. The molecular weight excluding hydrogens is 204 g/mol. The predicted octanol–water partition coefficient (Wildman–Crippen LogP) is 1.51. The zero-order valence-corrected chi connectivity index (χ0v) is 10.4. The van der Waals surface area contributed by atoms with E-state index >= 15 is 0 Å². The van der Waals surface area contributed by atoms with Gasteiger partial charge in [0.2, 0.25) is 0 Å². The Kier molecular flexibility index (Phi) is 3.10. The molecule has 2 aliphatic rings. The summed E-state index contributed by atoms with van der Waals surface area (Å²) in [6, 6.07) is 0.316. The number of amides is 1. The van der Waals surface area contributed by atoms with E-state index in [1.165, 1.54) is 12.8 Å². The first-order valence-electron chi connectivity index (χ1n) is 6.16. The molecular formula is C12H22N2O2. The molecule has 4 nitrogen and oxygen atoms in total. The molecule has 0 aromatic heterocycles. The second-order valence-electron chi connectivity index (χ2n) is 5.93. The van der Waals surface area contributed by atoms with Crippen molar-refractivity contribution in [2.45, 2.75) is 45.3 Å². The van der Waals surface area contributed by atoms with E-state index in [1.54, 1.807) is 0 Å². The van der Waals surface area contributed by atoms with E-state index in [0.717, 1.165) is 13.1 Å². The maximum Gasteiger partial charge on any atom is 0.407 e. The van der Waals surface area contributed by atoms with Crippen molar-refractivity contribution in [1.29, 1.82) is 0 Å². The van der Waals surface area contributed by atoms with Crippen LogP contribution in [0.5, 0.6) is 0 Å². The summed E-state index contributed by atoms with van der Waals surface area (Å²) < 4.78 is 5.29. The summed E-state index contributed by atoms with van der Waals surface area (Å²) in [7, 11) is 0. The highest BCUT2D eigenvalue weighted by molar-refractivity contribution is 5.68. The molecule has 2 atom stereocenters. The number of carbonyl (C=O) groups excluding carboxylic acids is 1. The quantitative estimate of drug-likeness (QED) is 0.712. The van der Waals surface area contributed by atoms with Gasteiger partial charge >= 0.3 is 6.09 Å². The Hall–Kier alpha value is -0.770. The molecule has 2 bridgehead atoms. The second-order valence-corrected chi connectivity index (χ2v) is 5.93. The molecule has 2 N–H and O–H groups in total. The predicted molar refractivity (Wildman–Crippen MR) is 62.2 cm³/mol. The van der Waals surface area contributed by atoms with Gasteiger partial charge in [0.15, 0.2) is 0 Å². The Morgan fingerprint density at radius 3 is 2.31 bits per heavy atom. The van der Waals surface area contributed by atoms with Crippen molar-refractivity contribution in [3.63, 3.8) is 0 Å². The molecule has 1 aliphatic carbocycles. The van der Waals surface area contributed by atoms with E-state index in [-0.39, 0.29) is 6.09 Å². The fourth-order valence-electron chi connectivity index (χ4n) is 2.76. The molecule has 1 amide bonds. The molecule has 92 valence electrons. The van der Waals surface area contributed by atoms with Crippen LogP contribution in [0, 0.1) is 11.8 Å². The Bertz CT molecular complexity index is 257. The molecule has 0 aromatic carbocycles. The van der Waals surface area contributed by atoms with Gasteiger partial charge in [0, 0.05) is 6.04 Å². The van der Waals surface area contributed by atoms with E-state index in [9.17, 15) is 4.79 Å². The SMILES string of the molecule is CC(C)(C)OC(=O)NC1[C@H]2CC[C@H]1CNC2. The molecule has 0 unspecified atom stereocenters. The largest absolute Gasteiger partial charge is 0.444 e. The van der Waals surface area contributed by atoms with Crippen LogP contribution in [-0.4, -0.2) is 30.8 Å². The number of piperidine rings is 1. The lowest BCUT2D eigenvalue weighted by Gasteiger charge is -2.32.